The molecular weight excluding hydrogens is 312 g/mol. The molecular formula is C15H22N6O3. The number of benzene rings is 1. The molecule has 1 aromatic heterocycles. The van der Waals surface area contributed by atoms with Gasteiger partial charge in [-0.1, -0.05) is 18.2 Å². The maximum Gasteiger partial charge on any atom is 0.233 e. The van der Waals surface area contributed by atoms with Gasteiger partial charge in [0.05, 0.1) is 0 Å². The first-order valence-corrected chi connectivity index (χ1v) is 7.34. The van der Waals surface area contributed by atoms with Gasteiger partial charge in [0, 0.05) is 33.3 Å². The number of aliphatic hydroxyl groups excluding tert-OH is 2. The lowest BCUT2D eigenvalue weighted by Gasteiger charge is -2.23. The number of phenolic OH excluding ortho intramolecular Hbond substituents is 1. The number of rotatable bonds is 7. The topological polar surface area (TPSA) is 109 Å². The minimum Gasteiger partial charge on any atom is -0.508 e. The fourth-order valence-corrected chi connectivity index (χ4v) is 1.95. The summed E-state index contributed by atoms with van der Waals surface area (Å²) in [5, 5.41) is 28.5. The summed E-state index contributed by atoms with van der Waals surface area (Å²) in [5.41, 5.74) is 0.731. The van der Waals surface area contributed by atoms with Crippen LogP contribution in [0.2, 0.25) is 0 Å². The van der Waals surface area contributed by atoms with Crippen LogP contribution in [0.25, 0.3) is 0 Å². The first-order chi connectivity index (χ1) is 11.5. The highest BCUT2D eigenvalue weighted by molar-refractivity contribution is 5.46. The Morgan fingerprint density at radius 1 is 0.792 bits per heavy atom. The lowest BCUT2D eigenvalue weighted by molar-refractivity contribution is 0.294. The predicted octanol–water partition coefficient (Wildman–Crippen LogP) is -0.0144. The minimum atomic E-state index is -0.255. The van der Waals surface area contributed by atoms with Gasteiger partial charge < -0.3 is 30.0 Å². The number of para-hydroxylation sites is 1. The highest BCUT2D eigenvalue weighted by Crippen LogP contribution is 2.21. The van der Waals surface area contributed by atoms with Crippen LogP contribution in [-0.2, 0) is 6.54 Å². The lowest BCUT2D eigenvalue weighted by Crippen LogP contribution is -2.28. The molecule has 130 valence electrons. The highest BCUT2D eigenvalue weighted by Gasteiger charge is 2.16. The van der Waals surface area contributed by atoms with Crippen LogP contribution in [0.3, 0.4) is 0 Å². The van der Waals surface area contributed by atoms with Crippen LogP contribution in [0.15, 0.2) is 24.3 Å². The average Bonchev–Trinajstić information content (AvgIpc) is 2.61. The van der Waals surface area contributed by atoms with Gasteiger partial charge in [0.25, 0.3) is 0 Å². The maximum absolute atomic E-state index is 9.91. The van der Waals surface area contributed by atoms with Gasteiger partial charge in [-0.25, -0.2) is 0 Å². The molecule has 0 saturated heterocycles. The average molecular weight is 334 g/mol. The van der Waals surface area contributed by atoms with E-state index in [1.54, 1.807) is 38.2 Å². The summed E-state index contributed by atoms with van der Waals surface area (Å²) in [5.74, 6) is 1.11. The monoisotopic (exact) mass is 334 g/mol. The Balaban J connectivity index is 2.35. The van der Waals surface area contributed by atoms with Crippen molar-refractivity contribution in [2.45, 2.75) is 6.54 Å². The molecule has 1 aromatic carbocycles. The van der Waals surface area contributed by atoms with Gasteiger partial charge in [0.1, 0.15) is 19.2 Å². The molecule has 0 saturated carbocycles. The molecule has 9 nitrogen and oxygen atoms in total. The van der Waals surface area contributed by atoms with Crippen molar-refractivity contribution < 1.29 is 15.3 Å². The smallest absolute Gasteiger partial charge is 0.233 e. The molecule has 1 heterocycles. The van der Waals surface area contributed by atoms with Crippen molar-refractivity contribution in [3.63, 3.8) is 0 Å². The standard InChI is InChI=1S/C15H22N6O3/c1-19(8-11-6-4-5-7-12(11)24)13-16-14(20(2)9-22)18-15(17-13)21(3)10-23/h4-7,22-24H,8-10H2,1-3H3. The number of aromatic nitrogens is 3. The SMILES string of the molecule is CN(CO)c1nc(N(C)CO)nc(N(C)Cc2ccccc2O)n1. The van der Waals surface area contributed by atoms with Crippen LogP contribution >= 0.6 is 0 Å². The molecule has 0 aliphatic rings. The molecule has 0 aliphatic heterocycles. The fraction of sp³-hybridized carbons (Fsp3) is 0.400. The molecule has 0 fully saturated rings. The highest BCUT2D eigenvalue weighted by atomic mass is 16.3. The summed E-state index contributed by atoms with van der Waals surface area (Å²) < 4.78 is 0. The second-order valence-corrected chi connectivity index (χ2v) is 5.40. The van der Waals surface area contributed by atoms with Crippen molar-refractivity contribution in [1.29, 1.82) is 0 Å². The molecule has 2 rings (SSSR count). The Morgan fingerprint density at radius 3 is 1.71 bits per heavy atom. The second kappa shape index (κ2) is 7.75. The molecule has 0 bridgehead atoms. The molecule has 24 heavy (non-hydrogen) atoms. The Morgan fingerprint density at radius 2 is 1.25 bits per heavy atom. The molecule has 3 N–H and O–H groups in total. The van der Waals surface area contributed by atoms with Crippen LogP contribution in [-0.4, -0.2) is 64.9 Å². The zero-order chi connectivity index (χ0) is 17.7. The van der Waals surface area contributed by atoms with Crippen LogP contribution in [0.1, 0.15) is 5.56 Å². The van der Waals surface area contributed by atoms with E-state index in [9.17, 15) is 15.3 Å². The summed E-state index contributed by atoms with van der Waals surface area (Å²) in [4.78, 5) is 17.5. The number of anilines is 3. The van der Waals surface area contributed by atoms with Crippen LogP contribution in [0.4, 0.5) is 17.8 Å². The Kier molecular flexibility index (Phi) is 5.72. The Labute approximate surface area is 140 Å². The fourth-order valence-electron chi connectivity index (χ4n) is 1.95. The Bertz CT molecular complexity index is 656. The van der Waals surface area contributed by atoms with E-state index in [-0.39, 0.29) is 31.1 Å². The molecule has 0 amide bonds. The minimum absolute atomic E-state index is 0.193. The van der Waals surface area contributed by atoms with Crippen molar-refractivity contribution in [2.24, 2.45) is 0 Å². The van der Waals surface area contributed by atoms with E-state index in [4.69, 9.17) is 0 Å². The van der Waals surface area contributed by atoms with Crippen LogP contribution < -0.4 is 14.7 Å². The normalized spacial score (nSPS) is 10.5. The number of hydrogen-bond donors (Lipinski definition) is 3. The van der Waals surface area contributed by atoms with E-state index < -0.39 is 0 Å². The summed E-state index contributed by atoms with van der Waals surface area (Å²) in [6.45, 7) is -0.120. The van der Waals surface area contributed by atoms with Gasteiger partial charge in [0.2, 0.25) is 17.8 Å². The third kappa shape index (κ3) is 4.00. The quantitative estimate of drug-likeness (QED) is 0.602. The molecule has 9 heteroatoms. The van der Waals surface area contributed by atoms with E-state index in [1.165, 1.54) is 9.80 Å². The third-order valence-corrected chi connectivity index (χ3v) is 3.45. The van der Waals surface area contributed by atoms with Crippen LogP contribution in [0.5, 0.6) is 5.75 Å². The number of hydrogen-bond acceptors (Lipinski definition) is 9. The summed E-state index contributed by atoms with van der Waals surface area (Å²) >= 11 is 0. The van der Waals surface area contributed by atoms with Crippen molar-refractivity contribution in [2.75, 3.05) is 49.3 Å². The molecule has 2 aromatic rings. The van der Waals surface area contributed by atoms with Crippen molar-refractivity contribution >= 4 is 17.8 Å². The zero-order valence-corrected chi connectivity index (χ0v) is 14.0. The number of nitrogens with zero attached hydrogens (tertiary/aromatic N) is 6. The molecule has 0 unspecified atom stereocenters. The molecule has 0 spiro atoms. The van der Waals surface area contributed by atoms with E-state index in [0.717, 1.165) is 5.56 Å². The van der Waals surface area contributed by atoms with Crippen LogP contribution in [0, 0.1) is 0 Å². The van der Waals surface area contributed by atoms with E-state index in [1.807, 2.05) is 12.1 Å². The number of aromatic hydroxyl groups is 1. The third-order valence-electron chi connectivity index (χ3n) is 3.45. The zero-order valence-electron chi connectivity index (χ0n) is 14.0. The van der Waals surface area contributed by atoms with Gasteiger partial charge in [-0.05, 0) is 6.07 Å². The summed E-state index contributed by atoms with van der Waals surface area (Å²) in [6.07, 6.45) is 0. The first kappa shape index (κ1) is 17.7. The molecule has 0 aliphatic carbocycles. The van der Waals surface area contributed by atoms with Crippen molar-refractivity contribution in [3.05, 3.63) is 29.8 Å². The lowest BCUT2D eigenvalue weighted by atomic mass is 10.2. The van der Waals surface area contributed by atoms with E-state index >= 15 is 0 Å². The molecule has 0 radical (unpaired) electrons. The first-order valence-electron chi connectivity index (χ1n) is 7.34. The van der Waals surface area contributed by atoms with Gasteiger partial charge in [-0.3, -0.25) is 0 Å². The van der Waals surface area contributed by atoms with Crippen molar-refractivity contribution in [1.82, 2.24) is 15.0 Å². The predicted molar refractivity (Wildman–Crippen MR) is 91.0 cm³/mol. The van der Waals surface area contributed by atoms with Gasteiger partial charge >= 0.3 is 0 Å². The van der Waals surface area contributed by atoms with E-state index in [2.05, 4.69) is 15.0 Å². The van der Waals surface area contributed by atoms with Gasteiger partial charge in [0.15, 0.2) is 0 Å². The number of phenols is 1. The van der Waals surface area contributed by atoms with Gasteiger partial charge in [-0.2, -0.15) is 15.0 Å². The van der Waals surface area contributed by atoms with Gasteiger partial charge in [-0.15, -0.1) is 0 Å². The summed E-state index contributed by atoms with van der Waals surface area (Å²) in [7, 11) is 5.07. The second-order valence-electron chi connectivity index (χ2n) is 5.40. The largest absolute Gasteiger partial charge is 0.508 e. The number of aliphatic hydroxyl groups is 2. The Hall–Kier alpha value is -2.65. The van der Waals surface area contributed by atoms with E-state index in [0.29, 0.717) is 12.5 Å². The molecule has 0 atom stereocenters. The summed E-state index contributed by atoms with van der Waals surface area (Å²) in [6, 6.07) is 7.03. The van der Waals surface area contributed by atoms with Crippen molar-refractivity contribution in [3.8, 4) is 5.75 Å². The maximum atomic E-state index is 9.91.